The molecule has 8 N–H and O–H groups in total. The van der Waals surface area contributed by atoms with Crippen molar-refractivity contribution in [2.75, 3.05) is 205 Å². The van der Waals surface area contributed by atoms with Gasteiger partial charge in [-0.15, -0.1) is 0 Å². The third kappa shape index (κ3) is 30.3. The van der Waals surface area contributed by atoms with Crippen LogP contribution >= 0.6 is 0 Å². The van der Waals surface area contributed by atoms with E-state index in [0.717, 1.165) is 111 Å². The van der Waals surface area contributed by atoms with Gasteiger partial charge >= 0.3 is 0 Å². The second-order valence-corrected chi connectivity index (χ2v) is 29.5. The van der Waals surface area contributed by atoms with Gasteiger partial charge in [0.2, 0.25) is 89.4 Å². The monoisotopic (exact) mass is 1680 g/mol. The molecule has 12 heterocycles. The second-order valence-electron chi connectivity index (χ2n) is 29.5. The van der Waals surface area contributed by atoms with E-state index in [0.29, 0.717) is 131 Å². The van der Waals surface area contributed by atoms with Gasteiger partial charge < -0.3 is 105 Å². The lowest BCUT2D eigenvalue weighted by atomic mass is 10.2. The zero-order valence-electron chi connectivity index (χ0n) is 68.1. The third-order valence-corrected chi connectivity index (χ3v) is 20.6. The minimum absolute atomic E-state index is 0.213. The first-order chi connectivity index (χ1) is 57.8. The van der Waals surface area contributed by atoms with Gasteiger partial charge in [-0.3, -0.25) is 77.6 Å². The molecule has 8 aromatic rings. The Morgan fingerprint density at radius 1 is 0.208 bits per heavy atom. The number of likely N-dealkylation sites (N-methyl/N-ethyl adjacent to an activating group) is 3. The van der Waals surface area contributed by atoms with E-state index < -0.39 is 43.4 Å². The lowest BCUT2D eigenvalue weighted by Crippen LogP contribution is -2.43. The van der Waals surface area contributed by atoms with Crippen molar-refractivity contribution in [1.82, 2.24) is 53.9 Å². The minimum atomic E-state index is -0.474. The first kappa shape index (κ1) is 93.3. The molecule has 120 heavy (non-hydrogen) atoms. The summed E-state index contributed by atoms with van der Waals surface area (Å²) in [5.74, 6) is -0.842. The van der Waals surface area contributed by atoms with Gasteiger partial charge in [0.1, 0.15) is 0 Å². The molecule has 38 heteroatoms. The lowest BCUT2D eigenvalue weighted by Gasteiger charge is -2.31. The van der Waals surface area contributed by atoms with E-state index in [-0.39, 0.29) is 105 Å². The van der Waals surface area contributed by atoms with Gasteiger partial charge in [0.25, 0.3) is 0 Å². The quantitative estimate of drug-likeness (QED) is 0.0688. The van der Waals surface area contributed by atoms with Crippen LogP contribution in [0.3, 0.4) is 0 Å². The Hall–Kier alpha value is -10.6. The van der Waals surface area contributed by atoms with Crippen LogP contribution in [0.25, 0.3) is 0 Å². The summed E-state index contributed by atoms with van der Waals surface area (Å²) >= 11 is 0. The van der Waals surface area contributed by atoms with Crippen molar-refractivity contribution in [3.63, 3.8) is 0 Å². The highest BCUT2D eigenvalue weighted by Gasteiger charge is 2.25. The molecule has 4 fully saturated rings. The maximum Gasteiger partial charge on any atom is 0.226 e. The molecule has 0 aliphatic carbocycles. The Labute approximate surface area is 690 Å². The van der Waals surface area contributed by atoms with Gasteiger partial charge in [-0.1, -0.05) is 0 Å². The molecular weight excluding hydrogens is 1570 g/mol. The predicted octanol–water partition coefficient (Wildman–Crippen LogP) is 2.30. The molecule has 0 amide bonds. The predicted molar refractivity (Wildman–Crippen MR) is 434 cm³/mol. The number of rotatable bonds is 16. The summed E-state index contributed by atoms with van der Waals surface area (Å²) < 4.78 is 59.7. The zero-order valence-corrected chi connectivity index (χ0v) is 68.1. The molecule has 656 valence electrons. The molecule has 0 unspecified atom stereocenters. The standard InChI is InChI=1S/C22H32N4O6.C20H27N3O6.C20H26N2O8.C20H26N2O7/c1-23-5-9-25(15-19-21(29)17(27)3-13-31-19)11-7-24(2)8-12-26(10-6-23)16-20-22(30)18(28)4-14-32-20;1-21-7-9-22(13-17-19(26)15(24)3-11-28-17)5-2-6-23(10-8-21)14-18-20(27)16(25)4-12-29-18;23-15-1-7-29-17(19(15)25)13-21-3-9-27-11-5-22(6-12-28-10-4-21)14-18-20(26)16(24)2-8-30-18;23-15-3-11-28-17(19(15)25)13-21-5-1-9-27-10-2-6-22(8-7-21)14-18-20(26)16(24)4-12-29-18/h3-4,13-14,29-30H,5-12,15-16H2,1-2H3;3-4,11-12,26-27H,2,5-10,13-14H2,1H3;1-2,7-8,25-26H,3-6,9-14H2;3-4,11-12,25-26H,1-2,5-10,13-14H2. The van der Waals surface area contributed by atoms with Crippen molar-refractivity contribution in [3.8, 4) is 46.0 Å². The number of hydrogen-bond donors (Lipinski definition) is 8. The molecule has 38 nitrogen and oxygen atoms in total. The van der Waals surface area contributed by atoms with E-state index in [1.165, 1.54) is 98.6 Å². The Kier molecular flexibility index (Phi) is 37.8. The van der Waals surface area contributed by atoms with Crippen molar-refractivity contribution in [1.29, 1.82) is 0 Å². The molecular formula is C82H111N11O27. The zero-order chi connectivity index (χ0) is 85.9. The lowest BCUT2D eigenvalue weighted by molar-refractivity contribution is 0.0306. The van der Waals surface area contributed by atoms with Crippen molar-refractivity contribution >= 4 is 0 Å². The normalized spacial score (nSPS) is 18.1. The first-order valence-electron chi connectivity index (χ1n) is 39.8. The molecule has 0 bridgehead atoms. The fourth-order valence-corrected chi connectivity index (χ4v) is 13.2. The largest absolute Gasteiger partial charge is 0.502 e. The Morgan fingerprint density at radius 2 is 0.358 bits per heavy atom. The van der Waals surface area contributed by atoms with Gasteiger partial charge in [0.05, 0.1) is 129 Å². The van der Waals surface area contributed by atoms with Crippen LogP contribution in [0.2, 0.25) is 0 Å². The van der Waals surface area contributed by atoms with Crippen LogP contribution in [-0.2, 0) is 66.6 Å². The van der Waals surface area contributed by atoms with Crippen molar-refractivity contribution in [2.24, 2.45) is 0 Å². The van der Waals surface area contributed by atoms with Gasteiger partial charge in [-0.05, 0) is 53.5 Å². The molecule has 12 rings (SSSR count). The Balaban J connectivity index is 0.000000182. The molecule has 0 radical (unpaired) electrons. The molecule has 0 spiro atoms. The number of hydrogen-bond acceptors (Lipinski definition) is 38. The maximum absolute atomic E-state index is 11.7. The highest BCUT2D eigenvalue weighted by molar-refractivity contribution is 5.28. The fraction of sp³-hybridized carbons (Fsp3) is 0.512. The van der Waals surface area contributed by atoms with Crippen LogP contribution in [0.15, 0.2) is 172 Å². The molecule has 4 aliphatic rings. The van der Waals surface area contributed by atoms with E-state index in [2.05, 4.69) is 44.1 Å². The van der Waals surface area contributed by atoms with Gasteiger partial charge in [-0.25, -0.2) is 0 Å². The van der Waals surface area contributed by atoms with Crippen molar-refractivity contribution in [2.45, 2.75) is 71.6 Å². The summed E-state index contributed by atoms with van der Waals surface area (Å²) in [6.07, 6.45) is 12.8. The number of ether oxygens (including phenoxy) is 3. The summed E-state index contributed by atoms with van der Waals surface area (Å²) in [6.45, 7) is 21.3. The Morgan fingerprint density at radius 3 is 0.550 bits per heavy atom. The number of nitrogens with zero attached hydrogens (tertiary/aromatic N) is 11. The van der Waals surface area contributed by atoms with Crippen LogP contribution in [0.1, 0.15) is 65.3 Å². The average molecular weight is 1680 g/mol. The van der Waals surface area contributed by atoms with Crippen LogP contribution in [0.5, 0.6) is 46.0 Å². The summed E-state index contributed by atoms with van der Waals surface area (Å²) in [6, 6.07) is 9.53. The van der Waals surface area contributed by atoms with E-state index in [1.54, 1.807) is 0 Å². The van der Waals surface area contributed by atoms with E-state index in [4.69, 9.17) is 49.5 Å². The van der Waals surface area contributed by atoms with Crippen LogP contribution < -0.4 is 43.4 Å². The smallest absolute Gasteiger partial charge is 0.226 e. The topological polar surface area (TPSA) is 467 Å². The molecule has 0 saturated carbocycles. The van der Waals surface area contributed by atoms with Gasteiger partial charge in [-0.2, -0.15) is 0 Å². The summed E-state index contributed by atoms with van der Waals surface area (Å²) in [7, 11) is 6.10. The molecule has 4 saturated heterocycles. The second kappa shape index (κ2) is 48.6. The van der Waals surface area contributed by atoms with E-state index >= 15 is 0 Å². The third-order valence-electron chi connectivity index (χ3n) is 20.6. The van der Waals surface area contributed by atoms with Crippen LogP contribution in [0, 0.1) is 0 Å². The van der Waals surface area contributed by atoms with Crippen LogP contribution in [0.4, 0.5) is 0 Å². The van der Waals surface area contributed by atoms with E-state index in [1.807, 2.05) is 30.9 Å². The van der Waals surface area contributed by atoms with Crippen LogP contribution in [-0.4, -0.2) is 300 Å². The Bertz CT molecular complexity index is 4640. The number of aromatic hydroxyl groups is 8. The summed E-state index contributed by atoms with van der Waals surface area (Å²) in [4.78, 5) is 116. The van der Waals surface area contributed by atoms with Crippen molar-refractivity contribution < 1.29 is 90.4 Å². The maximum atomic E-state index is 11.7. The fourth-order valence-electron chi connectivity index (χ4n) is 13.2. The summed E-state index contributed by atoms with van der Waals surface area (Å²) in [5, 5.41) is 79.6. The molecule has 4 aliphatic heterocycles. The SMILES string of the molecule is CN1CCN(Cc2occc(=O)c2O)CCCN(Cc2occc(=O)c2O)CC1.CN1CCN(Cc2occc(=O)c2O)CCN(C)CCN(Cc2occc(=O)c2O)CC1.O=c1ccoc(CN2CCCOCCCN(Cc3occc(=O)c3O)CC2)c1O.O=c1ccoc(CN2CCOCCN(Cc3occc(=O)c3O)CCOCC2)c1O. The molecule has 0 atom stereocenters. The van der Waals surface area contributed by atoms with Gasteiger partial charge in [0.15, 0.2) is 46.1 Å². The summed E-state index contributed by atoms with van der Waals surface area (Å²) in [5.41, 5.74) is -3.64. The molecule has 0 aromatic carbocycles. The average Bonchev–Trinajstić information content (AvgIpc) is 1.02. The highest BCUT2D eigenvalue weighted by Crippen LogP contribution is 2.23. The minimum Gasteiger partial charge on any atom is -0.502 e. The van der Waals surface area contributed by atoms with E-state index in [9.17, 15) is 79.2 Å². The highest BCUT2D eigenvalue weighted by atomic mass is 16.5. The van der Waals surface area contributed by atoms with Gasteiger partial charge in [0, 0.05) is 193 Å². The first-order valence-corrected chi connectivity index (χ1v) is 39.8. The molecule has 8 aromatic heterocycles. The van der Waals surface area contributed by atoms with Crippen molar-refractivity contribution in [3.05, 3.63) is 227 Å².